The van der Waals surface area contributed by atoms with Crippen molar-refractivity contribution in [3.05, 3.63) is 6.92 Å². The molecule has 0 saturated heterocycles. The Bertz CT molecular complexity index is 48.9. The van der Waals surface area contributed by atoms with Crippen molar-refractivity contribution < 1.29 is 13.2 Å². The zero-order chi connectivity index (χ0) is 8.41. The second-order valence-electron chi connectivity index (χ2n) is 2.35. The van der Waals surface area contributed by atoms with E-state index in [4.69, 9.17) is 0 Å². The fourth-order valence-electron chi connectivity index (χ4n) is 0.553. The number of unbranched alkanes of at least 4 members (excludes halogenated alkanes) is 1. The summed E-state index contributed by atoms with van der Waals surface area (Å²) in [5.41, 5.74) is 0. The SMILES string of the molecule is [Br][Zn][Br].[CH2]C(C)CCCC. The molecule has 0 saturated carbocycles. The third-order valence-corrected chi connectivity index (χ3v) is 1.05. The molecule has 0 spiro atoms. The van der Waals surface area contributed by atoms with E-state index in [1.807, 2.05) is 0 Å². The Balaban J connectivity index is 0. The van der Waals surface area contributed by atoms with Crippen LogP contribution in [0, 0.1) is 12.8 Å². The van der Waals surface area contributed by atoms with Crippen LogP contribution in [0.1, 0.15) is 33.1 Å². The maximum absolute atomic E-state index is 3.88. The monoisotopic (exact) mass is 321 g/mol. The minimum Gasteiger partial charge on any atom is -0.0654 e. The van der Waals surface area contributed by atoms with Crippen molar-refractivity contribution in [2.24, 2.45) is 5.92 Å². The van der Waals surface area contributed by atoms with Crippen LogP contribution in [0.3, 0.4) is 0 Å². The summed E-state index contributed by atoms with van der Waals surface area (Å²) < 4.78 is 0. The fraction of sp³-hybridized carbons (Fsp3) is 0.857. The van der Waals surface area contributed by atoms with E-state index in [9.17, 15) is 0 Å². The third kappa shape index (κ3) is 22.6. The van der Waals surface area contributed by atoms with E-state index in [0.29, 0.717) is 5.92 Å². The van der Waals surface area contributed by atoms with Gasteiger partial charge in [0.15, 0.2) is 0 Å². The molecule has 0 heterocycles. The van der Waals surface area contributed by atoms with Gasteiger partial charge in [-0.3, -0.25) is 0 Å². The van der Waals surface area contributed by atoms with E-state index in [1.165, 1.54) is 19.3 Å². The summed E-state index contributed by atoms with van der Waals surface area (Å²) in [5.74, 6) is 0.653. The number of halogens is 2. The molecule has 1 radical (unpaired) electrons. The number of rotatable bonds is 3. The molecular formula is C7H15Br2Zn. The summed E-state index contributed by atoms with van der Waals surface area (Å²) in [5, 5.41) is 0. The first-order valence-electron chi connectivity index (χ1n) is 3.64. The van der Waals surface area contributed by atoms with Gasteiger partial charge in [0.1, 0.15) is 0 Å². The molecule has 0 aromatic carbocycles. The van der Waals surface area contributed by atoms with Crippen LogP contribution < -0.4 is 0 Å². The molecular weight excluding hydrogens is 309 g/mol. The molecule has 0 rings (SSSR count). The Kier molecular flexibility index (Phi) is 18.6. The minimum atomic E-state index is -0.250. The van der Waals surface area contributed by atoms with Crippen LogP contribution >= 0.6 is 27.2 Å². The van der Waals surface area contributed by atoms with Crippen molar-refractivity contribution in [2.45, 2.75) is 33.1 Å². The maximum atomic E-state index is 3.88. The Morgan fingerprint density at radius 3 is 2.00 bits per heavy atom. The maximum Gasteiger partial charge on any atom is -0.0443 e. The first kappa shape index (κ1) is 14.1. The zero-order valence-electron chi connectivity index (χ0n) is 6.87. The van der Waals surface area contributed by atoms with Crippen LogP contribution in [0.4, 0.5) is 0 Å². The van der Waals surface area contributed by atoms with Gasteiger partial charge in [-0.1, -0.05) is 40.0 Å². The summed E-state index contributed by atoms with van der Waals surface area (Å²) >= 11 is 6.25. The second kappa shape index (κ2) is 13.2. The predicted molar refractivity (Wildman–Crippen MR) is 51.9 cm³/mol. The Labute approximate surface area is 85.8 Å². The van der Waals surface area contributed by atoms with Crippen molar-refractivity contribution >= 4 is 27.2 Å². The van der Waals surface area contributed by atoms with E-state index in [-0.39, 0.29) is 13.2 Å². The van der Waals surface area contributed by atoms with Gasteiger partial charge in [0.25, 0.3) is 0 Å². The largest absolute Gasteiger partial charge is 0.0654 e. The molecule has 0 aliphatic heterocycles. The molecule has 1 unspecified atom stereocenters. The average Bonchev–Trinajstić information content (AvgIpc) is 1.85. The Hall–Kier alpha value is 1.58. The van der Waals surface area contributed by atoms with Gasteiger partial charge in [-0.05, 0) is 5.92 Å². The van der Waals surface area contributed by atoms with Crippen LogP contribution in [-0.2, 0) is 13.2 Å². The van der Waals surface area contributed by atoms with E-state index in [2.05, 4.69) is 48.0 Å². The molecule has 0 N–H and O–H groups in total. The van der Waals surface area contributed by atoms with Gasteiger partial charge in [-0.15, -0.1) is 0 Å². The molecule has 0 aliphatic rings. The molecule has 0 fully saturated rings. The molecule has 1 atom stereocenters. The number of hydrogen-bond donors (Lipinski definition) is 0. The normalized spacial score (nSPS) is 8.20. The third-order valence-electron chi connectivity index (χ3n) is 1.05. The van der Waals surface area contributed by atoms with Gasteiger partial charge in [0.2, 0.25) is 0 Å². The Morgan fingerprint density at radius 2 is 1.90 bits per heavy atom. The number of hydrogen-bond acceptors (Lipinski definition) is 0. The van der Waals surface area contributed by atoms with Crippen molar-refractivity contribution in [1.29, 1.82) is 0 Å². The van der Waals surface area contributed by atoms with Gasteiger partial charge >= 0.3 is 40.5 Å². The van der Waals surface area contributed by atoms with E-state index in [1.54, 1.807) is 0 Å². The summed E-state index contributed by atoms with van der Waals surface area (Å²) in [6.07, 6.45) is 3.93. The van der Waals surface area contributed by atoms with Crippen LogP contribution in [0.15, 0.2) is 0 Å². The molecule has 0 nitrogen and oxygen atoms in total. The van der Waals surface area contributed by atoms with Crippen molar-refractivity contribution in [3.63, 3.8) is 0 Å². The van der Waals surface area contributed by atoms with Gasteiger partial charge in [0.05, 0.1) is 0 Å². The van der Waals surface area contributed by atoms with Crippen LogP contribution in [0.25, 0.3) is 0 Å². The van der Waals surface area contributed by atoms with Gasteiger partial charge in [-0.25, -0.2) is 0 Å². The van der Waals surface area contributed by atoms with Gasteiger partial charge in [-0.2, -0.15) is 0 Å². The minimum absolute atomic E-state index is 0.250. The molecule has 0 aliphatic carbocycles. The summed E-state index contributed by atoms with van der Waals surface area (Å²) in [6.45, 7) is 8.25. The van der Waals surface area contributed by atoms with Crippen LogP contribution in [-0.4, -0.2) is 0 Å². The second-order valence-corrected chi connectivity index (χ2v) is 16.4. The van der Waals surface area contributed by atoms with Crippen molar-refractivity contribution in [3.8, 4) is 0 Å². The zero-order valence-corrected chi connectivity index (χ0v) is 13.0. The van der Waals surface area contributed by atoms with E-state index >= 15 is 0 Å². The summed E-state index contributed by atoms with van der Waals surface area (Å²) in [6, 6.07) is 0. The predicted octanol–water partition coefficient (Wildman–Crippen LogP) is 4.34. The molecule has 0 aromatic rings. The van der Waals surface area contributed by atoms with E-state index < -0.39 is 0 Å². The summed E-state index contributed by atoms with van der Waals surface area (Å²) in [7, 11) is 0. The molecule has 10 heavy (non-hydrogen) atoms. The smallest absolute Gasteiger partial charge is 0.0443 e. The van der Waals surface area contributed by atoms with Crippen LogP contribution in [0.2, 0.25) is 0 Å². The summed E-state index contributed by atoms with van der Waals surface area (Å²) in [4.78, 5) is 0. The van der Waals surface area contributed by atoms with Crippen molar-refractivity contribution in [2.75, 3.05) is 0 Å². The molecule has 0 amide bonds. The quantitative estimate of drug-likeness (QED) is 0.678. The molecule has 59 valence electrons. The molecule has 0 bridgehead atoms. The molecule has 0 aromatic heterocycles. The fourth-order valence-corrected chi connectivity index (χ4v) is 0.553. The first-order chi connectivity index (χ1) is 4.68. The van der Waals surface area contributed by atoms with Crippen LogP contribution in [0.5, 0.6) is 0 Å². The molecule has 3 heteroatoms. The standard InChI is InChI=1S/C7H15.2BrH.Zn/c1-4-5-6-7(2)3;;;/h7H,2,4-6H2,1,3H3;2*1H;/q;;;+2/p-2. The topological polar surface area (TPSA) is 0 Å². The average molecular weight is 324 g/mol. The van der Waals surface area contributed by atoms with Gasteiger partial charge < -0.3 is 0 Å². The van der Waals surface area contributed by atoms with Gasteiger partial charge in [0, 0.05) is 0 Å². The Morgan fingerprint density at radius 1 is 1.50 bits per heavy atom. The van der Waals surface area contributed by atoms with E-state index in [0.717, 1.165) is 0 Å². The van der Waals surface area contributed by atoms with Crippen molar-refractivity contribution in [1.82, 2.24) is 0 Å². The first-order valence-corrected chi connectivity index (χ1v) is 17.5.